The zero-order valence-electron chi connectivity index (χ0n) is 17.8. The van der Waals surface area contributed by atoms with E-state index in [1.54, 1.807) is 7.11 Å². The summed E-state index contributed by atoms with van der Waals surface area (Å²) in [6, 6.07) is 14.0. The van der Waals surface area contributed by atoms with Crippen LogP contribution in [0.25, 0.3) is 22.1 Å². The van der Waals surface area contributed by atoms with Crippen LogP contribution >= 0.6 is 0 Å². The molecule has 2 aromatic carbocycles. The molecule has 0 saturated carbocycles. The van der Waals surface area contributed by atoms with Crippen molar-refractivity contribution in [1.29, 1.82) is 0 Å². The summed E-state index contributed by atoms with van der Waals surface area (Å²) in [6.45, 7) is 5.15. The first-order valence-electron chi connectivity index (χ1n) is 10.5. The molecule has 0 spiro atoms. The largest absolute Gasteiger partial charge is 0.496 e. The number of aromatic nitrogens is 2. The molecule has 1 aliphatic rings. The molecule has 2 aromatic heterocycles. The van der Waals surface area contributed by atoms with E-state index in [2.05, 4.69) is 31.5 Å². The van der Waals surface area contributed by atoms with E-state index in [1.807, 2.05) is 43.3 Å². The Morgan fingerprint density at radius 1 is 1.16 bits per heavy atom. The van der Waals surface area contributed by atoms with Gasteiger partial charge in [0.1, 0.15) is 23.2 Å². The van der Waals surface area contributed by atoms with Crippen LogP contribution in [0.1, 0.15) is 30.9 Å². The van der Waals surface area contributed by atoms with Gasteiger partial charge in [-0.15, -0.1) is 0 Å². The number of ether oxygens (including phenoxy) is 1. The maximum atomic E-state index is 5.97. The number of rotatable bonds is 6. The van der Waals surface area contributed by atoms with Gasteiger partial charge in [0.15, 0.2) is 11.4 Å². The molecular weight excluding hydrogens is 390 g/mol. The van der Waals surface area contributed by atoms with Crippen molar-refractivity contribution in [1.82, 2.24) is 14.9 Å². The predicted molar refractivity (Wildman–Crippen MR) is 123 cm³/mol. The number of likely N-dealkylation sites (tertiary alicyclic amines) is 1. The average Bonchev–Trinajstić information content (AvgIpc) is 3.45. The van der Waals surface area contributed by atoms with Crippen molar-refractivity contribution < 1.29 is 9.15 Å². The third-order valence-corrected chi connectivity index (χ3v) is 5.78. The summed E-state index contributed by atoms with van der Waals surface area (Å²) < 4.78 is 11.6. The molecule has 1 aliphatic heterocycles. The number of hydrogen-bond acceptors (Lipinski definition) is 7. The third kappa shape index (κ3) is 3.84. The highest BCUT2D eigenvalue weighted by Gasteiger charge is 2.16. The van der Waals surface area contributed by atoms with E-state index in [4.69, 9.17) is 9.15 Å². The molecular formula is C24H25N5O2. The summed E-state index contributed by atoms with van der Waals surface area (Å²) in [5.41, 5.74) is 8.30. The van der Waals surface area contributed by atoms with E-state index in [0.29, 0.717) is 11.4 Å². The summed E-state index contributed by atoms with van der Waals surface area (Å²) in [6.07, 6.45) is 4.06. The minimum Gasteiger partial charge on any atom is -0.496 e. The number of benzene rings is 2. The summed E-state index contributed by atoms with van der Waals surface area (Å²) in [5, 5.41) is 5.54. The Labute approximate surface area is 180 Å². The van der Waals surface area contributed by atoms with Crippen molar-refractivity contribution in [2.24, 2.45) is 5.10 Å². The van der Waals surface area contributed by atoms with Crippen LogP contribution in [0.5, 0.6) is 5.75 Å². The standard InChI is InChI=1S/C24H25N5O2/c1-16(17-9-10-20(30-2)18(13-17)14-29-11-5-6-12-29)27-28-24-23-22(25-15-26-24)19-7-3-4-8-21(19)31-23/h3-4,7-10,13,15H,5-6,11-12,14H2,1-2H3,(H,25,26,28)/b27-16-. The van der Waals surface area contributed by atoms with Gasteiger partial charge in [0, 0.05) is 17.5 Å². The zero-order valence-corrected chi connectivity index (χ0v) is 17.8. The highest BCUT2D eigenvalue weighted by molar-refractivity contribution is 6.05. The van der Waals surface area contributed by atoms with Crippen LogP contribution in [0.3, 0.4) is 0 Å². The molecule has 1 saturated heterocycles. The maximum absolute atomic E-state index is 5.97. The van der Waals surface area contributed by atoms with Gasteiger partial charge in [-0.1, -0.05) is 12.1 Å². The van der Waals surface area contributed by atoms with Gasteiger partial charge < -0.3 is 9.15 Å². The average molecular weight is 415 g/mol. The van der Waals surface area contributed by atoms with E-state index in [-0.39, 0.29) is 0 Å². The first kappa shape index (κ1) is 19.5. The van der Waals surface area contributed by atoms with Crippen molar-refractivity contribution in [3.05, 3.63) is 59.9 Å². The topological polar surface area (TPSA) is 75.8 Å². The number of nitrogens with one attached hydrogen (secondary N) is 1. The molecule has 7 nitrogen and oxygen atoms in total. The molecule has 31 heavy (non-hydrogen) atoms. The smallest absolute Gasteiger partial charge is 0.197 e. The summed E-state index contributed by atoms with van der Waals surface area (Å²) in [7, 11) is 1.72. The molecule has 7 heteroatoms. The predicted octanol–water partition coefficient (Wildman–Crippen LogP) is 4.82. The van der Waals surface area contributed by atoms with E-state index in [0.717, 1.165) is 53.1 Å². The van der Waals surface area contributed by atoms with E-state index in [1.165, 1.54) is 24.7 Å². The van der Waals surface area contributed by atoms with Gasteiger partial charge >= 0.3 is 0 Å². The first-order chi connectivity index (χ1) is 15.2. The van der Waals surface area contributed by atoms with Crippen molar-refractivity contribution >= 4 is 33.6 Å². The van der Waals surface area contributed by atoms with Crippen molar-refractivity contribution in [3.63, 3.8) is 0 Å². The molecule has 0 unspecified atom stereocenters. The Balaban J connectivity index is 1.42. The highest BCUT2D eigenvalue weighted by atomic mass is 16.5. The molecule has 0 aliphatic carbocycles. The van der Waals surface area contributed by atoms with E-state index in [9.17, 15) is 0 Å². The van der Waals surface area contributed by atoms with Gasteiger partial charge in [-0.2, -0.15) is 5.10 Å². The normalized spacial score (nSPS) is 15.1. The summed E-state index contributed by atoms with van der Waals surface area (Å²) in [5.74, 6) is 1.46. The van der Waals surface area contributed by atoms with Crippen LogP contribution in [0.15, 0.2) is 58.3 Å². The van der Waals surface area contributed by atoms with Gasteiger partial charge in [0.05, 0.1) is 12.8 Å². The van der Waals surface area contributed by atoms with Crippen LogP contribution in [0.4, 0.5) is 5.82 Å². The Hall–Kier alpha value is -3.45. The van der Waals surface area contributed by atoms with Crippen LogP contribution in [-0.4, -0.2) is 40.8 Å². The maximum Gasteiger partial charge on any atom is 0.197 e. The lowest BCUT2D eigenvalue weighted by atomic mass is 10.1. The minimum absolute atomic E-state index is 0.548. The summed E-state index contributed by atoms with van der Waals surface area (Å²) >= 11 is 0. The summed E-state index contributed by atoms with van der Waals surface area (Å²) in [4.78, 5) is 11.2. The van der Waals surface area contributed by atoms with Crippen LogP contribution in [-0.2, 0) is 6.54 Å². The second-order valence-corrected chi connectivity index (χ2v) is 7.82. The Bertz CT molecular complexity index is 1260. The highest BCUT2D eigenvalue weighted by Crippen LogP contribution is 2.30. The molecule has 1 N–H and O–H groups in total. The number of methoxy groups -OCH3 is 1. The number of hydrogen-bond donors (Lipinski definition) is 1. The van der Waals surface area contributed by atoms with Gasteiger partial charge in [-0.3, -0.25) is 10.3 Å². The van der Waals surface area contributed by atoms with Gasteiger partial charge in [0.2, 0.25) is 0 Å². The molecule has 158 valence electrons. The van der Waals surface area contributed by atoms with Gasteiger partial charge in [0.25, 0.3) is 0 Å². The van der Waals surface area contributed by atoms with Gasteiger partial charge in [-0.25, -0.2) is 9.97 Å². The monoisotopic (exact) mass is 415 g/mol. The molecule has 0 bridgehead atoms. The van der Waals surface area contributed by atoms with Gasteiger partial charge in [-0.05, 0) is 68.8 Å². The van der Waals surface area contributed by atoms with E-state index >= 15 is 0 Å². The van der Waals surface area contributed by atoms with Crippen LogP contribution < -0.4 is 10.2 Å². The first-order valence-corrected chi connectivity index (χ1v) is 10.5. The molecule has 0 atom stereocenters. The molecule has 4 aromatic rings. The Kier molecular flexibility index (Phi) is 5.26. The quantitative estimate of drug-likeness (QED) is 0.360. The third-order valence-electron chi connectivity index (χ3n) is 5.78. The number of hydrazone groups is 1. The molecule has 3 heterocycles. The molecule has 0 amide bonds. The second kappa shape index (κ2) is 8.35. The van der Waals surface area contributed by atoms with Crippen LogP contribution in [0.2, 0.25) is 0 Å². The minimum atomic E-state index is 0.548. The van der Waals surface area contributed by atoms with Crippen molar-refractivity contribution in [3.8, 4) is 5.75 Å². The fourth-order valence-corrected chi connectivity index (χ4v) is 4.11. The van der Waals surface area contributed by atoms with Crippen molar-refractivity contribution in [2.75, 3.05) is 25.6 Å². The van der Waals surface area contributed by atoms with Crippen molar-refractivity contribution in [2.45, 2.75) is 26.3 Å². The number of para-hydroxylation sites is 1. The Morgan fingerprint density at radius 2 is 2.00 bits per heavy atom. The number of furan rings is 1. The molecule has 0 radical (unpaired) electrons. The molecule has 1 fully saturated rings. The SMILES string of the molecule is COc1ccc(/C(C)=N\Nc2ncnc3c2oc2ccccc23)cc1CN1CCCC1. The number of fused-ring (bicyclic) bond motifs is 3. The number of nitrogens with zero attached hydrogens (tertiary/aromatic N) is 4. The fraction of sp³-hybridized carbons (Fsp3) is 0.292. The lowest BCUT2D eigenvalue weighted by Crippen LogP contribution is -2.19. The molecule has 5 rings (SSSR count). The van der Waals surface area contributed by atoms with E-state index < -0.39 is 0 Å². The fourth-order valence-electron chi connectivity index (χ4n) is 4.11. The Morgan fingerprint density at radius 3 is 2.84 bits per heavy atom. The lowest BCUT2D eigenvalue weighted by Gasteiger charge is -2.17. The van der Waals surface area contributed by atoms with Crippen LogP contribution in [0, 0.1) is 0 Å². The number of anilines is 1. The lowest BCUT2D eigenvalue weighted by molar-refractivity contribution is 0.321. The zero-order chi connectivity index (χ0) is 21.2. The second-order valence-electron chi connectivity index (χ2n) is 7.82.